The second-order valence-corrected chi connectivity index (χ2v) is 3.40. The Kier molecular flexibility index (Phi) is 6.17. The Hall–Kier alpha value is -0.900. The predicted octanol–water partition coefficient (Wildman–Crippen LogP) is 3.71. The SMILES string of the molecule is CC.COC(=O)c1c(C)ccc(Br)c1F. The Morgan fingerprint density at radius 2 is 1.93 bits per heavy atom. The van der Waals surface area contributed by atoms with Crippen molar-refractivity contribution in [2.45, 2.75) is 20.8 Å². The molecule has 0 aromatic heterocycles. The molecule has 0 spiro atoms. The summed E-state index contributed by atoms with van der Waals surface area (Å²) in [5.74, 6) is -1.23. The third kappa shape index (κ3) is 3.30. The molecular formula is C11H14BrFO2. The van der Waals surface area contributed by atoms with Gasteiger partial charge in [-0.3, -0.25) is 0 Å². The molecule has 0 heterocycles. The molecule has 0 amide bonds. The van der Waals surface area contributed by atoms with Crippen molar-refractivity contribution in [1.29, 1.82) is 0 Å². The zero-order valence-electron chi connectivity index (χ0n) is 9.23. The smallest absolute Gasteiger partial charge is 0.341 e. The Labute approximate surface area is 97.6 Å². The number of hydrogen-bond donors (Lipinski definition) is 0. The first kappa shape index (κ1) is 14.1. The van der Waals surface area contributed by atoms with Gasteiger partial charge in [-0.1, -0.05) is 19.9 Å². The average molecular weight is 277 g/mol. The number of benzene rings is 1. The quantitative estimate of drug-likeness (QED) is 0.731. The van der Waals surface area contributed by atoms with Gasteiger partial charge in [-0.25, -0.2) is 9.18 Å². The maximum absolute atomic E-state index is 13.4. The molecule has 0 saturated carbocycles. The van der Waals surface area contributed by atoms with E-state index >= 15 is 0 Å². The van der Waals surface area contributed by atoms with Crippen molar-refractivity contribution in [2.24, 2.45) is 0 Å². The fourth-order valence-electron chi connectivity index (χ4n) is 1.000. The molecule has 15 heavy (non-hydrogen) atoms. The van der Waals surface area contributed by atoms with Gasteiger partial charge in [-0.2, -0.15) is 0 Å². The average Bonchev–Trinajstić information content (AvgIpc) is 2.26. The number of halogens is 2. The lowest BCUT2D eigenvalue weighted by atomic mass is 10.1. The van der Waals surface area contributed by atoms with Gasteiger partial charge in [0.25, 0.3) is 0 Å². The van der Waals surface area contributed by atoms with Gasteiger partial charge < -0.3 is 4.74 Å². The van der Waals surface area contributed by atoms with Crippen molar-refractivity contribution in [2.75, 3.05) is 7.11 Å². The van der Waals surface area contributed by atoms with E-state index in [0.717, 1.165) is 0 Å². The number of aryl methyl sites for hydroxylation is 1. The predicted molar refractivity (Wildman–Crippen MR) is 61.5 cm³/mol. The summed E-state index contributed by atoms with van der Waals surface area (Å²) in [5, 5.41) is 0. The summed E-state index contributed by atoms with van der Waals surface area (Å²) >= 11 is 2.99. The second-order valence-electron chi connectivity index (χ2n) is 2.54. The normalized spacial score (nSPS) is 8.93. The summed E-state index contributed by atoms with van der Waals surface area (Å²) in [4.78, 5) is 11.1. The van der Waals surface area contributed by atoms with Crippen molar-refractivity contribution < 1.29 is 13.9 Å². The first-order valence-electron chi connectivity index (χ1n) is 4.61. The fraction of sp³-hybridized carbons (Fsp3) is 0.364. The molecule has 0 fully saturated rings. The van der Waals surface area contributed by atoms with Crippen molar-refractivity contribution in [3.63, 3.8) is 0 Å². The summed E-state index contributed by atoms with van der Waals surface area (Å²) < 4.78 is 18.1. The largest absolute Gasteiger partial charge is 0.465 e. The summed E-state index contributed by atoms with van der Waals surface area (Å²) in [5.41, 5.74) is 0.546. The van der Waals surface area contributed by atoms with Crippen LogP contribution < -0.4 is 0 Å². The van der Waals surface area contributed by atoms with Crippen LogP contribution in [0.15, 0.2) is 16.6 Å². The van der Waals surface area contributed by atoms with E-state index in [2.05, 4.69) is 20.7 Å². The number of methoxy groups -OCH3 is 1. The number of carbonyl (C=O) groups excluding carboxylic acids is 1. The Morgan fingerprint density at radius 1 is 1.40 bits per heavy atom. The van der Waals surface area contributed by atoms with E-state index in [1.165, 1.54) is 7.11 Å². The van der Waals surface area contributed by atoms with Gasteiger partial charge >= 0.3 is 5.97 Å². The van der Waals surface area contributed by atoms with E-state index in [4.69, 9.17) is 0 Å². The van der Waals surface area contributed by atoms with Gasteiger partial charge in [0.05, 0.1) is 17.1 Å². The highest BCUT2D eigenvalue weighted by atomic mass is 79.9. The third-order valence-electron chi connectivity index (χ3n) is 1.69. The maximum atomic E-state index is 13.4. The molecule has 0 bridgehead atoms. The lowest BCUT2D eigenvalue weighted by Crippen LogP contribution is -2.07. The van der Waals surface area contributed by atoms with Crippen LogP contribution in [-0.2, 0) is 4.74 Å². The molecule has 1 aromatic rings. The van der Waals surface area contributed by atoms with Crippen molar-refractivity contribution in [1.82, 2.24) is 0 Å². The molecule has 0 saturated heterocycles. The van der Waals surface area contributed by atoms with Crippen LogP contribution >= 0.6 is 15.9 Å². The number of hydrogen-bond acceptors (Lipinski definition) is 2. The minimum atomic E-state index is -0.656. The van der Waals surface area contributed by atoms with Crippen molar-refractivity contribution in [3.05, 3.63) is 33.5 Å². The van der Waals surface area contributed by atoms with Crippen molar-refractivity contribution >= 4 is 21.9 Å². The van der Waals surface area contributed by atoms with E-state index in [-0.39, 0.29) is 10.0 Å². The van der Waals surface area contributed by atoms with Gasteiger partial charge in [0.2, 0.25) is 0 Å². The zero-order chi connectivity index (χ0) is 12.0. The number of ether oxygens (including phenoxy) is 1. The van der Waals surface area contributed by atoms with Crippen LogP contribution in [0, 0.1) is 12.7 Å². The molecule has 0 unspecified atom stereocenters. The summed E-state index contributed by atoms with van der Waals surface area (Å²) in [6, 6.07) is 3.20. The van der Waals surface area contributed by atoms with Gasteiger partial charge in [-0.15, -0.1) is 0 Å². The monoisotopic (exact) mass is 276 g/mol. The van der Waals surface area contributed by atoms with E-state index in [1.54, 1.807) is 19.1 Å². The summed E-state index contributed by atoms with van der Waals surface area (Å²) in [6.45, 7) is 5.65. The van der Waals surface area contributed by atoms with Gasteiger partial charge in [0.15, 0.2) is 5.82 Å². The summed E-state index contributed by atoms with van der Waals surface area (Å²) in [6.07, 6.45) is 0. The molecule has 0 aliphatic heterocycles. The van der Waals surface area contributed by atoms with Crippen molar-refractivity contribution in [3.8, 4) is 0 Å². The van der Waals surface area contributed by atoms with E-state index in [0.29, 0.717) is 5.56 Å². The van der Waals surface area contributed by atoms with Crippen LogP contribution in [0.1, 0.15) is 29.8 Å². The molecule has 84 valence electrons. The third-order valence-corrected chi connectivity index (χ3v) is 2.31. The molecular weight excluding hydrogens is 263 g/mol. The molecule has 4 heteroatoms. The van der Waals surface area contributed by atoms with Gasteiger partial charge in [0.1, 0.15) is 0 Å². The van der Waals surface area contributed by atoms with Crippen LogP contribution in [0.25, 0.3) is 0 Å². The molecule has 0 atom stereocenters. The fourth-order valence-corrected chi connectivity index (χ4v) is 1.33. The number of esters is 1. The first-order chi connectivity index (χ1) is 7.07. The number of rotatable bonds is 1. The van der Waals surface area contributed by atoms with E-state index in [9.17, 15) is 9.18 Å². The topological polar surface area (TPSA) is 26.3 Å². The van der Waals surface area contributed by atoms with Crippen LogP contribution in [-0.4, -0.2) is 13.1 Å². The zero-order valence-corrected chi connectivity index (χ0v) is 10.8. The Morgan fingerprint density at radius 3 is 2.40 bits per heavy atom. The van der Waals surface area contributed by atoms with Crippen LogP contribution in [0.3, 0.4) is 0 Å². The Balaban J connectivity index is 0.000000921. The Bertz CT molecular complexity index is 351. The van der Waals surface area contributed by atoms with E-state index in [1.807, 2.05) is 13.8 Å². The molecule has 0 radical (unpaired) electrons. The maximum Gasteiger partial charge on any atom is 0.341 e. The van der Waals surface area contributed by atoms with Crippen LogP contribution in [0.5, 0.6) is 0 Å². The van der Waals surface area contributed by atoms with Crippen LogP contribution in [0.2, 0.25) is 0 Å². The van der Waals surface area contributed by atoms with Gasteiger partial charge in [-0.05, 0) is 34.5 Å². The standard InChI is InChI=1S/C9H8BrFO2.C2H6/c1-5-3-4-6(10)8(11)7(5)9(12)13-2;1-2/h3-4H,1-2H3;1-2H3. The molecule has 0 N–H and O–H groups in total. The lowest BCUT2D eigenvalue weighted by Gasteiger charge is -2.05. The van der Waals surface area contributed by atoms with Crippen LogP contribution in [0.4, 0.5) is 4.39 Å². The highest BCUT2D eigenvalue weighted by Crippen LogP contribution is 2.22. The minimum Gasteiger partial charge on any atom is -0.465 e. The first-order valence-corrected chi connectivity index (χ1v) is 5.40. The lowest BCUT2D eigenvalue weighted by molar-refractivity contribution is 0.0594. The summed E-state index contributed by atoms with van der Waals surface area (Å²) in [7, 11) is 1.22. The van der Waals surface area contributed by atoms with Gasteiger partial charge in [0, 0.05) is 0 Å². The molecule has 0 aliphatic rings. The van der Waals surface area contributed by atoms with E-state index < -0.39 is 11.8 Å². The molecule has 1 rings (SSSR count). The number of carbonyl (C=O) groups is 1. The molecule has 0 aliphatic carbocycles. The molecule has 1 aromatic carbocycles. The highest BCUT2D eigenvalue weighted by Gasteiger charge is 2.17. The minimum absolute atomic E-state index is 0.0168. The second kappa shape index (κ2) is 6.56. The molecule has 2 nitrogen and oxygen atoms in total. The highest BCUT2D eigenvalue weighted by molar-refractivity contribution is 9.10.